The summed E-state index contributed by atoms with van der Waals surface area (Å²) in [6.07, 6.45) is -0.615. The van der Waals surface area contributed by atoms with Crippen LogP contribution in [-0.4, -0.2) is 34.6 Å². The third-order valence-corrected chi connectivity index (χ3v) is 3.01. The monoisotopic (exact) mass is 234 g/mol. The predicted molar refractivity (Wildman–Crippen MR) is 61.4 cm³/mol. The number of nitrogens with zero attached hydrogens (tertiary/aromatic N) is 1. The standard InChI is InChI=1S/C9H18N2O3S/c1-5-15(13)6-8(7(2)3)11-14-9(12)10-4/h7H,5-6H2,1-4H3,(H,10,12). The van der Waals surface area contributed by atoms with E-state index in [0.717, 1.165) is 0 Å². The van der Waals surface area contributed by atoms with Gasteiger partial charge >= 0.3 is 6.09 Å². The summed E-state index contributed by atoms with van der Waals surface area (Å²) in [5.41, 5.74) is 0.638. The fourth-order valence-corrected chi connectivity index (χ4v) is 1.63. The van der Waals surface area contributed by atoms with Gasteiger partial charge in [-0.2, -0.15) is 0 Å². The van der Waals surface area contributed by atoms with Crippen LogP contribution in [0.25, 0.3) is 0 Å². The van der Waals surface area contributed by atoms with E-state index < -0.39 is 16.9 Å². The predicted octanol–water partition coefficient (Wildman–Crippen LogP) is 1.12. The van der Waals surface area contributed by atoms with Crippen LogP contribution in [0.2, 0.25) is 0 Å². The lowest BCUT2D eigenvalue weighted by molar-refractivity contribution is 0.152. The molecule has 0 saturated heterocycles. The highest BCUT2D eigenvalue weighted by Crippen LogP contribution is 2.01. The van der Waals surface area contributed by atoms with Crippen molar-refractivity contribution in [3.05, 3.63) is 0 Å². The van der Waals surface area contributed by atoms with Crippen molar-refractivity contribution < 1.29 is 13.8 Å². The van der Waals surface area contributed by atoms with Gasteiger partial charge in [0, 0.05) is 23.6 Å². The zero-order valence-corrected chi connectivity index (χ0v) is 10.4. The first kappa shape index (κ1) is 14.1. The van der Waals surface area contributed by atoms with Gasteiger partial charge in [-0.05, 0) is 5.92 Å². The lowest BCUT2D eigenvalue weighted by Crippen LogP contribution is -2.22. The van der Waals surface area contributed by atoms with Crippen molar-refractivity contribution in [2.24, 2.45) is 11.1 Å². The van der Waals surface area contributed by atoms with Gasteiger partial charge in [0.2, 0.25) is 0 Å². The Hall–Kier alpha value is -0.910. The molecule has 0 aromatic carbocycles. The molecule has 1 N–H and O–H groups in total. The largest absolute Gasteiger partial charge is 0.433 e. The molecule has 0 heterocycles. The smallest absolute Gasteiger partial charge is 0.323 e. The Bertz CT molecular complexity index is 264. The van der Waals surface area contributed by atoms with E-state index in [1.165, 1.54) is 7.05 Å². The van der Waals surface area contributed by atoms with E-state index in [9.17, 15) is 9.00 Å². The Morgan fingerprint density at radius 1 is 1.53 bits per heavy atom. The summed E-state index contributed by atoms with van der Waals surface area (Å²) < 4.78 is 11.3. The zero-order valence-electron chi connectivity index (χ0n) is 9.57. The molecular weight excluding hydrogens is 216 g/mol. The van der Waals surface area contributed by atoms with Crippen molar-refractivity contribution in [2.75, 3.05) is 18.6 Å². The molecule has 15 heavy (non-hydrogen) atoms. The molecule has 88 valence electrons. The molecule has 1 unspecified atom stereocenters. The Kier molecular flexibility index (Phi) is 6.94. The molecular formula is C9H18N2O3S. The minimum Gasteiger partial charge on any atom is -0.323 e. The molecule has 0 aliphatic rings. The maximum absolute atomic E-state index is 11.3. The van der Waals surface area contributed by atoms with Crippen molar-refractivity contribution in [1.29, 1.82) is 0 Å². The first-order valence-electron chi connectivity index (χ1n) is 4.81. The van der Waals surface area contributed by atoms with Gasteiger partial charge in [0.25, 0.3) is 0 Å². The van der Waals surface area contributed by atoms with E-state index in [1.807, 2.05) is 20.8 Å². The van der Waals surface area contributed by atoms with Gasteiger partial charge in [0.15, 0.2) is 0 Å². The van der Waals surface area contributed by atoms with Crippen LogP contribution < -0.4 is 5.32 Å². The van der Waals surface area contributed by atoms with Crippen LogP contribution in [0.15, 0.2) is 5.16 Å². The minimum absolute atomic E-state index is 0.116. The normalized spacial score (nSPS) is 13.8. The highest BCUT2D eigenvalue weighted by atomic mass is 32.2. The van der Waals surface area contributed by atoms with Crippen molar-refractivity contribution in [3.8, 4) is 0 Å². The number of hydrogen-bond donors (Lipinski definition) is 1. The highest BCUT2D eigenvalue weighted by molar-refractivity contribution is 7.85. The average Bonchev–Trinajstić information content (AvgIpc) is 2.22. The molecule has 6 heteroatoms. The second kappa shape index (κ2) is 7.39. The van der Waals surface area contributed by atoms with Crippen molar-refractivity contribution in [3.63, 3.8) is 0 Å². The van der Waals surface area contributed by atoms with Crippen LogP contribution in [0.5, 0.6) is 0 Å². The Labute approximate surface area is 92.7 Å². The molecule has 0 aromatic rings. The van der Waals surface area contributed by atoms with Gasteiger partial charge in [-0.25, -0.2) is 4.79 Å². The summed E-state index contributed by atoms with van der Waals surface area (Å²) in [4.78, 5) is 15.3. The molecule has 5 nitrogen and oxygen atoms in total. The summed E-state index contributed by atoms with van der Waals surface area (Å²) in [7, 11) is 0.519. The van der Waals surface area contributed by atoms with E-state index >= 15 is 0 Å². The minimum atomic E-state index is -0.937. The van der Waals surface area contributed by atoms with E-state index in [1.54, 1.807) is 0 Å². The lowest BCUT2D eigenvalue weighted by atomic mass is 10.1. The Balaban J connectivity index is 4.38. The molecule has 0 aliphatic heterocycles. The second-order valence-corrected chi connectivity index (χ2v) is 4.98. The molecule has 0 bridgehead atoms. The van der Waals surface area contributed by atoms with Gasteiger partial charge < -0.3 is 5.32 Å². The number of hydrogen-bond acceptors (Lipinski definition) is 4. The van der Waals surface area contributed by atoms with Crippen LogP contribution in [0, 0.1) is 5.92 Å². The second-order valence-electron chi connectivity index (χ2n) is 3.24. The van der Waals surface area contributed by atoms with Crippen LogP contribution in [0.1, 0.15) is 20.8 Å². The first-order valence-corrected chi connectivity index (χ1v) is 6.30. The lowest BCUT2D eigenvalue weighted by Gasteiger charge is -2.08. The summed E-state index contributed by atoms with van der Waals surface area (Å²) in [6, 6.07) is 0. The van der Waals surface area contributed by atoms with Crippen LogP contribution >= 0.6 is 0 Å². The summed E-state index contributed by atoms with van der Waals surface area (Å²) >= 11 is 0. The molecule has 0 spiro atoms. The molecule has 1 amide bonds. The van der Waals surface area contributed by atoms with Crippen molar-refractivity contribution in [2.45, 2.75) is 20.8 Å². The van der Waals surface area contributed by atoms with Crippen LogP contribution in [0.4, 0.5) is 4.79 Å². The summed E-state index contributed by atoms with van der Waals surface area (Å²) in [5, 5.41) is 5.98. The maximum Gasteiger partial charge on any atom is 0.433 e. The number of oxime groups is 1. The molecule has 0 aliphatic carbocycles. The molecule has 0 rings (SSSR count). The fourth-order valence-electron chi connectivity index (χ4n) is 0.711. The first-order chi connectivity index (χ1) is 7.01. The van der Waals surface area contributed by atoms with E-state index in [-0.39, 0.29) is 5.92 Å². The van der Waals surface area contributed by atoms with Gasteiger partial charge in [0.1, 0.15) is 0 Å². The van der Waals surface area contributed by atoms with E-state index in [4.69, 9.17) is 0 Å². The van der Waals surface area contributed by atoms with Crippen LogP contribution in [-0.2, 0) is 15.6 Å². The molecule has 0 saturated carbocycles. The van der Waals surface area contributed by atoms with E-state index in [0.29, 0.717) is 17.2 Å². The van der Waals surface area contributed by atoms with Crippen LogP contribution in [0.3, 0.4) is 0 Å². The molecule has 0 fully saturated rings. The van der Waals surface area contributed by atoms with Gasteiger partial charge in [-0.15, -0.1) is 0 Å². The summed E-state index contributed by atoms with van der Waals surface area (Å²) in [6.45, 7) is 5.67. The number of rotatable bonds is 5. The number of amides is 1. The Morgan fingerprint density at radius 3 is 2.53 bits per heavy atom. The highest BCUT2D eigenvalue weighted by Gasteiger charge is 2.10. The van der Waals surface area contributed by atoms with Gasteiger partial charge in [-0.1, -0.05) is 25.9 Å². The Morgan fingerprint density at radius 2 is 2.13 bits per heavy atom. The van der Waals surface area contributed by atoms with Gasteiger partial charge in [0.05, 0.1) is 11.5 Å². The van der Waals surface area contributed by atoms with E-state index in [2.05, 4.69) is 15.3 Å². The van der Waals surface area contributed by atoms with Crippen molar-refractivity contribution >= 4 is 22.6 Å². The fraction of sp³-hybridized carbons (Fsp3) is 0.778. The third-order valence-electron chi connectivity index (χ3n) is 1.75. The molecule has 0 radical (unpaired) electrons. The number of carbonyl (C=O) groups excluding carboxylic acids is 1. The third kappa shape index (κ3) is 6.22. The van der Waals surface area contributed by atoms with Gasteiger partial charge in [-0.3, -0.25) is 9.05 Å². The average molecular weight is 234 g/mol. The SMILES string of the molecule is CCS(=O)CC(=NOC(=O)NC)C(C)C. The summed E-state index contributed by atoms with van der Waals surface area (Å²) in [5.74, 6) is 1.04. The van der Waals surface area contributed by atoms with Crippen molar-refractivity contribution in [1.82, 2.24) is 5.32 Å². The molecule has 1 atom stereocenters. The topological polar surface area (TPSA) is 67.8 Å². The molecule has 0 aromatic heterocycles. The number of carbonyl (C=O) groups is 1. The zero-order chi connectivity index (χ0) is 11.8. The number of nitrogens with one attached hydrogen (secondary N) is 1. The quantitative estimate of drug-likeness (QED) is 0.440. The maximum atomic E-state index is 11.3.